The van der Waals surface area contributed by atoms with Crippen LogP contribution in [0.3, 0.4) is 0 Å². The maximum atomic E-state index is 11.9. The maximum Gasteiger partial charge on any atom is 0.162 e. The fourth-order valence-corrected chi connectivity index (χ4v) is 2.04. The number of hydrogen-bond acceptors (Lipinski definition) is 2. The Morgan fingerprint density at radius 3 is 2.00 bits per heavy atom. The SMILES string of the molecule is CCCCC(=O)c1ccc(C#Cc2ccc(OC)cc2)cc1. The van der Waals surface area contributed by atoms with Crippen molar-refractivity contribution in [1.29, 1.82) is 0 Å². The first-order chi connectivity index (χ1) is 10.7. The van der Waals surface area contributed by atoms with Crippen molar-refractivity contribution >= 4 is 5.78 Å². The van der Waals surface area contributed by atoms with E-state index in [-0.39, 0.29) is 5.78 Å². The van der Waals surface area contributed by atoms with Gasteiger partial charge in [0.05, 0.1) is 7.11 Å². The van der Waals surface area contributed by atoms with Crippen LogP contribution in [0.25, 0.3) is 0 Å². The third-order valence-corrected chi connectivity index (χ3v) is 3.41. The average molecular weight is 292 g/mol. The number of unbranched alkanes of at least 4 members (excludes halogenated alkanes) is 1. The summed E-state index contributed by atoms with van der Waals surface area (Å²) in [5.74, 6) is 7.24. The Bertz CT molecular complexity index is 670. The Kier molecular flexibility index (Phi) is 5.80. The normalized spacial score (nSPS) is 9.73. The average Bonchev–Trinajstić information content (AvgIpc) is 2.58. The largest absolute Gasteiger partial charge is 0.497 e. The van der Waals surface area contributed by atoms with Crippen LogP contribution in [0.15, 0.2) is 48.5 Å². The molecule has 0 spiro atoms. The van der Waals surface area contributed by atoms with Crippen LogP contribution < -0.4 is 4.74 Å². The van der Waals surface area contributed by atoms with E-state index in [0.717, 1.165) is 35.3 Å². The lowest BCUT2D eigenvalue weighted by atomic mass is 10.0. The van der Waals surface area contributed by atoms with E-state index in [4.69, 9.17) is 4.74 Å². The van der Waals surface area contributed by atoms with Crippen LogP contribution in [0.5, 0.6) is 5.75 Å². The highest BCUT2D eigenvalue weighted by molar-refractivity contribution is 5.96. The summed E-state index contributed by atoms with van der Waals surface area (Å²) in [4.78, 5) is 11.9. The van der Waals surface area contributed by atoms with E-state index in [2.05, 4.69) is 18.8 Å². The van der Waals surface area contributed by atoms with E-state index in [1.165, 1.54) is 0 Å². The van der Waals surface area contributed by atoms with Gasteiger partial charge in [-0.05, 0) is 42.8 Å². The van der Waals surface area contributed by atoms with Crippen LogP contribution in [-0.2, 0) is 0 Å². The molecule has 2 rings (SSSR count). The maximum absolute atomic E-state index is 11.9. The summed E-state index contributed by atoms with van der Waals surface area (Å²) in [7, 11) is 1.64. The van der Waals surface area contributed by atoms with E-state index < -0.39 is 0 Å². The Morgan fingerprint density at radius 1 is 0.955 bits per heavy atom. The van der Waals surface area contributed by atoms with Gasteiger partial charge in [-0.1, -0.05) is 37.3 Å². The second-order valence-corrected chi connectivity index (χ2v) is 5.08. The zero-order valence-corrected chi connectivity index (χ0v) is 13.1. The van der Waals surface area contributed by atoms with Crippen molar-refractivity contribution in [2.45, 2.75) is 26.2 Å². The predicted octanol–water partition coefficient (Wildman–Crippen LogP) is 4.47. The predicted molar refractivity (Wildman–Crippen MR) is 89.3 cm³/mol. The molecule has 22 heavy (non-hydrogen) atoms. The Balaban J connectivity index is 2.05. The van der Waals surface area contributed by atoms with Crippen molar-refractivity contribution in [2.24, 2.45) is 0 Å². The minimum Gasteiger partial charge on any atom is -0.497 e. The lowest BCUT2D eigenvalue weighted by molar-refractivity contribution is 0.0980. The van der Waals surface area contributed by atoms with Gasteiger partial charge >= 0.3 is 0 Å². The first-order valence-corrected chi connectivity index (χ1v) is 7.52. The van der Waals surface area contributed by atoms with Gasteiger partial charge in [0.1, 0.15) is 5.75 Å². The number of hydrogen-bond donors (Lipinski definition) is 0. The highest BCUT2D eigenvalue weighted by Gasteiger charge is 2.04. The van der Waals surface area contributed by atoms with Crippen LogP contribution >= 0.6 is 0 Å². The summed E-state index contributed by atoms with van der Waals surface area (Å²) in [6.45, 7) is 2.09. The van der Waals surface area contributed by atoms with E-state index in [1.54, 1.807) is 7.11 Å². The van der Waals surface area contributed by atoms with Crippen LogP contribution in [-0.4, -0.2) is 12.9 Å². The Hall–Kier alpha value is -2.53. The topological polar surface area (TPSA) is 26.3 Å². The molecule has 0 fully saturated rings. The molecule has 2 aromatic carbocycles. The summed E-state index contributed by atoms with van der Waals surface area (Å²) in [6, 6.07) is 15.1. The third-order valence-electron chi connectivity index (χ3n) is 3.41. The van der Waals surface area contributed by atoms with E-state index in [1.807, 2.05) is 48.5 Å². The van der Waals surface area contributed by atoms with Crippen molar-refractivity contribution in [3.63, 3.8) is 0 Å². The number of ketones is 1. The van der Waals surface area contributed by atoms with E-state index in [0.29, 0.717) is 6.42 Å². The zero-order valence-electron chi connectivity index (χ0n) is 13.1. The van der Waals surface area contributed by atoms with Crippen LogP contribution in [0.1, 0.15) is 47.7 Å². The number of rotatable bonds is 5. The molecule has 0 aliphatic carbocycles. The van der Waals surface area contributed by atoms with Gasteiger partial charge in [0.15, 0.2) is 5.78 Å². The van der Waals surface area contributed by atoms with E-state index in [9.17, 15) is 4.79 Å². The van der Waals surface area contributed by atoms with Gasteiger partial charge in [-0.3, -0.25) is 4.79 Å². The number of ether oxygens (including phenoxy) is 1. The monoisotopic (exact) mass is 292 g/mol. The smallest absolute Gasteiger partial charge is 0.162 e. The minimum absolute atomic E-state index is 0.205. The number of carbonyl (C=O) groups is 1. The molecule has 0 saturated carbocycles. The molecule has 0 unspecified atom stereocenters. The van der Waals surface area contributed by atoms with Crippen molar-refractivity contribution in [1.82, 2.24) is 0 Å². The van der Waals surface area contributed by atoms with E-state index >= 15 is 0 Å². The molecule has 2 heteroatoms. The number of methoxy groups -OCH3 is 1. The molecular weight excluding hydrogens is 272 g/mol. The molecule has 0 heterocycles. The first-order valence-electron chi connectivity index (χ1n) is 7.52. The summed E-state index contributed by atoms with van der Waals surface area (Å²) >= 11 is 0. The molecule has 0 saturated heterocycles. The minimum atomic E-state index is 0.205. The molecule has 0 atom stereocenters. The molecule has 0 radical (unpaired) electrons. The van der Waals surface area contributed by atoms with Gasteiger partial charge < -0.3 is 4.74 Å². The van der Waals surface area contributed by atoms with Crippen molar-refractivity contribution < 1.29 is 9.53 Å². The molecule has 0 aromatic heterocycles. The summed E-state index contributed by atoms with van der Waals surface area (Å²) in [6.07, 6.45) is 2.60. The first kappa shape index (κ1) is 15.9. The van der Waals surface area contributed by atoms with Gasteiger partial charge in [-0.15, -0.1) is 0 Å². The van der Waals surface area contributed by atoms with Crippen LogP contribution in [0.2, 0.25) is 0 Å². The van der Waals surface area contributed by atoms with Crippen molar-refractivity contribution in [3.05, 3.63) is 65.2 Å². The van der Waals surface area contributed by atoms with Crippen LogP contribution in [0.4, 0.5) is 0 Å². The lowest BCUT2D eigenvalue weighted by Gasteiger charge is -2.00. The molecular formula is C20H20O2. The molecule has 0 bridgehead atoms. The second kappa shape index (κ2) is 8.05. The zero-order chi connectivity index (χ0) is 15.8. The highest BCUT2D eigenvalue weighted by atomic mass is 16.5. The molecule has 0 aliphatic rings. The molecule has 112 valence electrons. The summed E-state index contributed by atoms with van der Waals surface area (Å²) in [5.41, 5.74) is 2.61. The Morgan fingerprint density at radius 2 is 1.50 bits per heavy atom. The van der Waals surface area contributed by atoms with Crippen molar-refractivity contribution in [3.8, 4) is 17.6 Å². The second-order valence-electron chi connectivity index (χ2n) is 5.08. The molecule has 0 amide bonds. The third kappa shape index (κ3) is 4.49. The molecule has 0 aliphatic heterocycles. The number of Topliss-reactive ketones (excluding diaryl/α,β-unsaturated/α-hetero) is 1. The van der Waals surface area contributed by atoms with Gasteiger partial charge in [0.25, 0.3) is 0 Å². The van der Waals surface area contributed by atoms with Gasteiger partial charge in [0, 0.05) is 23.1 Å². The highest BCUT2D eigenvalue weighted by Crippen LogP contribution is 2.11. The molecule has 2 aromatic rings. The number of carbonyl (C=O) groups excluding carboxylic acids is 1. The Labute approximate surface area is 132 Å². The number of benzene rings is 2. The quantitative estimate of drug-likeness (QED) is 0.600. The van der Waals surface area contributed by atoms with Gasteiger partial charge in [-0.25, -0.2) is 0 Å². The molecule has 2 nitrogen and oxygen atoms in total. The van der Waals surface area contributed by atoms with Gasteiger partial charge in [0.2, 0.25) is 0 Å². The standard InChI is InChI=1S/C20H20O2/c1-3-4-5-20(21)18-12-8-16(9-13-18)6-7-17-10-14-19(22-2)15-11-17/h8-15H,3-5H2,1-2H3. The fourth-order valence-electron chi connectivity index (χ4n) is 2.04. The van der Waals surface area contributed by atoms with Crippen molar-refractivity contribution in [2.75, 3.05) is 7.11 Å². The fraction of sp³-hybridized carbons (Fsp3) is 0.250. The van der Waals surface area contributed by atoms with Gasteiger partial charge in [-0.2, -0.15) is 0 Å². The lowest BCUT2D eigenvalue weighted by Crippen LogP contribution is -1.98. The molecule has 0 N–H and O–H groups in total. The summed E-state index contributed by atoms with van der Waals surface area (Å²) in [5, 5.41) is 0. The summed E-state index contributed by atoms with van der Waals surface area (Å²) < 4.78 is 5.12. The van der Waals surface area contributed by atoms with Crippen LogP contribution in [0, 0.1) is 11.8 Å².